The van der Waals surface area contributed by atoms with Crippen molar-refractivity contribution in [2.24, 2.45) is 0 Å². The van der Waals surface area contributed by atoms with Crippen molar-refractivity contribution in [3.05, 3.63) is 41.0 Å². The summed E-state index contributed by atoms with van der Waals surface area (Å²) in [4.78, 5) is 12.5. The van der Waals surface area contributed by atoms with Gasteiger partial charge < -0.3 is 28.4 Å². The zero-order valence-electron chi connectivity index (χ0n) is 15.2. The largest absolute Gasteiger partial charge is 0.496 e. The standard InChI is InChI=1S/C20H18O7/c1-22-15-8-19-18(26-10-27-19)5-11(15)4-14-13-7-17(24-3)16(23-2)6-12(13)9-25-20(14)21/h4-8H,9-10H2,1-3H3. The lowest BCUT2D eigenvalue weighted by Gasteiger charge is -2.21. The maximum atomic E-state index is 12.5. The first-order valence-corrected chi connectivity index (χ1v) is 8.26. The summed E-state index contributed by atoms with van der Waals surface area (Å²) in [5.41, 5.74) is 2.63. The van der Waals surface area contributed by atoms with Gasteiger partial charge in [0.15, 0.2) is 23.0 Å². The predicted molar refractivity (Wildman–Crippen MR) is 96.3 cm³/mol. The lowest BCUT2D eigenvalue weighted by Crippen LogP contribution is -2.16. The minimum absolute atomic E-state index is 0.153. The van der Waals surface area contributed by atoms with Gasteiger partial charge in [0.25, 0.3) is 0 Å². The quantitative estimate of drug-likeness (QED) is 0.605. The molecule has 0 radical (unpaired) electrons. The van der Waals surface area contributed by atoms with Crippen molar-refractivity contribution in [2.45, 2.75) is 6.61 Å². The molecule has 7 nitrogen and oxygen atoms in total. The first kappa shape index (κ1) is 17.1. The summed E-state index contributed by atoms with van der Waals surface area (Å²) in [6.07, 6.45) is 1.72. The zero-order chi connectivity index (χ0) is 19.0. The number of cyclic esters (lactones) is 1. The molecule has 0 unspecified atom stereocenters. The molecule has 0 atom stereocenters. The van der Waals surface area contributed by atoms with Gasteiger partial charge in [-0.05, 0) is 29.8 Å². The maximum Gasteiger partial charge on any atom is 0.339 e. The highest BCUT2D eigenvalue weighted by atomic mass is 16.7. The van der Waals surface area contributed by atoms with Crippen LogP contribution in [-0.2, 0) is 16.1 Å². The number of fused-ring (bicyclic) bond motifs is 2. The van der Waals surface area contributed by atoms with Crippen LogP contribution in [-0.4, -0.2) is 34.1 Å². The van der Waals surface area contributed by atoms with Crippen molar-refractivity contribution in [3.8, 4) is 28.7 Å². The molecular formula is C20H18O7. The fourth-order valence-corrected chi connectivity index (χ4v) is 3.14. The lowest BCUT2D eigenvalue weighted by molar-refractivity contribution is -0.138. The molecule has 7 heteroatoms. The molecular weight excluding hydrogens is 352 g/mol. The van der Waals surface area contributed by atoms with Gasteiger partial charge >= 0.3 is 5.97 Å². The van der Waals surface area contributed by atoms with Crippen molar-refractivity contribution in [3.63, 3.8) is 0 Å². The number of carbonyl (C=O) groups is 1. The lowest BCUT2D eigenvalue weighted by atomic mass is 9.95. The molecule has 2 aromatic rings. The van der Waals surface area contributed by atoms with E-state index in [1.54, 1.807) is 45.6 Å². The van der Waals surface area contributed by atoms with Crippen LogP contribution in [0.5, 0.6) is 28.7 Å². The highest BCUT2D eigenvalue weighted by Gasteiger charge is 2.26. The third-order valence-corrected chi connectivity index (χ3v) is 4.50. The normalized spacial score (nSPS) is 16.0. The molecule has 4 rings (SSSR count). The van der Waals surface area contributed by atoms with E-state index in [1.807, 2.05) is 6.07 Å². The van der Waals surface area contributed by atoms with Crippen LogP contribution >= 0.6 is 0 Å². The third-order valence-electron chi connectivity index (χ3n) is 4.50. The minimum Gasteiger partial charge on any atom is -0.496 e. The van der Waals surface area contributed by atoms with Gasteiger partial charge in [-0.15, -0.1) is 0 Å². The van der Waals surface area contributed by atoms with Gasteiger partial charge in [-0.1, -0.05) is 0 Å². The predicted octanol–water partition coefficient (Wildman–Crippen LogP) is 3.04. The second kappa shape index (κ2) is 6.75. The molecule has 0 aromatic heterocycles. The van der Waals surface area contributed by atoms with Crippen LogP contribution in [0.1, 0.15) is 16.7 Å². The van der Waals surface area contributed by atoms with Crippen molar-refractivity contribution < 1.29 is 33.2 Å². The van der Waals surface area contributed by atoms with Crippen molar-refractivity contribution in [1.82, 2.24) is 0 Å². The Labute approximate surface area is 156 Å². The highest BCUT2D eigenvalue weighted by Crippen LogP contribution is 2.41. The zero-order valence-corrected chi connectivity index (χ0v) is 15.2. The molecule has 0 saturated heterocycles. The average Bonchev–Trinajstić information content (AvgIpc) is 3.15. The molecule has 0 bridgehead atoms. The Morgan fingerprint density at radius 3 is 2.22 bits per heavy atom. The van der Waals surface area contributed by atoms with Gasteiger partial charge in [-0.3, -0.25) is 0 Å². The molecule has 0 saturated carbocycles. The molecule has 2 aliphatic rings. The Bertz CT molecular complexity index is 946. The van der Waals surface area contributed by atoms with Crippen LogP contribution in [0.15, 0.2) is 24.3 Å². The number of benzene rings is 2. The SMILES string of the molecule is COc1cc2c(cc1C=C1C(=O)OCc3cc(OC)c(OC)cc31)OCO2. The Balaban J connectivity index is 1.86. The van der Waals surface area contributed by atoms with Crippen molar-refractivity contribution in [1.29, 1.82) is 0 Å². The van der Waals surface area contributed by atoms with E-state index in [0.29, 0.717) is 39.9 Å². The summed E-state index contributed by atoms with van der Waals surface area (Å²) in [6.45, 7) is 0.324. The average molecular weight is 370 g/mol. The fraction of sp³-hybridized carbons (Fsp3) is 0.250. The van der Waals surface area contributed by atoms with Crippen molar-refractivity contribution >= 4 is 17.6 Å². The number of hydrogen-bond donors (Lipinski definition) is 0. The van der Waals surface area contributed by atoms with Gasteiger partial charge in [-0.25, -0.2) is 4.79 Å². The first-order valence-electron chi connectivity index (χ1n) is 8.26. The number of hydrogen-bond acceptors (Lipinski definition) is 7. The number of rotatable bonds is 4. The summed E-state index contributed by atoms with van der Waals surface area (Å²) < 4.78 is 32.3. The molecule has 0 spiro atoms. The fourth-order valence-electron chi connectivity index (χ4n) is 3.14. The number of esters is 1. The number of methoxy groups -OCH3 is 3. The smallest absolute Gasteiger partial charge is 0.339 e. The van der Waals surface area contributed by atoms with Crippen LogP contribution in [0.3, 0.4) is 0 Å². The maximum absolute atomic E-state index is 12.5. The van der Waals surface area contributed by atoms with Crippen LogP contribution in [0, 0.1) is 0 Å². The number of carbonyl (C=O) groups excluding carboxylic acids is 1. The summed E-state index contributed by atoms with van der Waals surface area (Å²) in [6, 6.07) is 7.10. The van der Waals surface area contributed by atoms with Gasteiger partial charge in [0.1, 0.15) is 12.4 Å². The molecule has 0 fully saturated rings. The summed E-state index contributed by atoms with van der Waals surface area (Å²) >= 11 is 0. The van der Waals surface area contributed by atoms with Gasteiger partial charge in [0, 0.05) is 17.2 Å². The van der Waals surface area contributed by atoms with Gasteiger partial charge in [0.2, 0.25) is 6.79 Å². The Morgan fingerprint density at radius 2 is 1.52 bits per heavy atom. The third kappa shape index (κ3) is 2.91. The molecule has 27 heavy (non-hydrogen) atoms. The first-order chi connectivity index (χ1) is 13.1. The van der Waals surface area contributed by atoms with E-state index < -0.39 is 5.97 Å². The van der Waals surface area contributed by atoms with E-state index in [1.165, 1.54) is 0 Å². The molecule has 0 N–H and O–H groups in total. The number of ether oxygens (including phenoxy) is 6. The van der Waals surface area contributed by atoms with Crippen LogP contribution < -0.4 is 23.7 Å². The van der Waals surface area contributed by atoms with E-state index in [4.69, 9.17) is 28.4 Å². The Morgan fingerprint density at radius 1 is 0.852 bits per heavy atom. The second-order valence-corrected chi connectivity index (χ2v) is 5.95. The van der Waals surface area contributed by atoms with Crippen LogP contribution in [0.2, 0.25) is 0 Å². The topological polar surface area (TPSA) is 72.5 Å². The molecule has 0 amide bonds. The molecule has 2 aliphatic heterocycles. The minimum atomic E-state index is -0.422. The van der Waals surface area contributed by atoms with E-state index in [2.05, 4.69) is 0 Å². The van der Waals surface area contributed by atoms with E-state index in [-0.39, 0.29) is 13.4 Å². The van der Waals surface area contributed by atoms with Crippen LogP contribution in [0.25, 0.3) is 11.6 Å². The molecule has 0 aliphatic carbocycles. The summed E-state index contributed by atoms with van der Waals surface area (Å²) in [5.74, 6) is 2.46. The second-order valence-electron chi connectivity index (χ2n) is 5.95. The van der Waals surface area contributed by atoms with E-state index in [0.717, 1.165) is 11.1 Å². The Kier molecular flexibility index (Phi) is 4.27. The monoisotopic (exact) mass is 370 g/mol. The molecule has 2 heterocycles. The van der Waals surface area contributed by atoms with Gasteiger partial charge in [-0.2, -0.15) is 0 Å². The van der Waals surface area contributed by atoms with Crippen molar-refractivity contribution in [2.75, 3.05) is 28.1 Å². The van der Waals surface area contributed by atoms with Gasteiger partial charge in [0.05, 0.1) is 26.9 Å². The van der Waals surface area contributed by atoms with Crippen LogP contribution in [0.4, 0.5) is 0 Å². The van der Waals surface area contributed by atoms with E-state index >= 15 is 0 Å². The summed E-state index contributed by atoms with van der Waals surface area (Å²) in [5, 5.41) is 0. The summed E-state index contributed by atoms with van der Waals surface area (Å²) in [7, 11) is 4.67. The Hall–Kier alpha value is -3.35. The highest BCUT2D eigenvalue weighted by molar-refractivity contribution is 6.23. The molecule has 2 aromatic carbocycles. The van der Waals surface area contributed by atoms with E-state index in [9.17, 15) is 4.79 Å². The molecule has 140 valence electrons.